The average Bonchev–Trinajstić information content (AvgIpc) is 2.84. The van der Waals surface area contributed by atoms with Crippen molar-refractivity contribution in [2.45, 2.75) is 25.9 Å². The molecule has 1 aromatic rings. The lowest BCUT2D eigenvalue weighted by Gasteiger charge is -2.20. The van der Waals surface area contributed by atoms with Crippen LogP contribution in [0.2, 0.25) is 5.02 Å². The van der Waals surface area contributed by atoms with Crippen LogP contribution in [0.3, 0.4) is 0 Å². The van der Waals surface area contributed by atoms with Gasteiger partial charge in [-0.05, 0) is 37.5 Å². The Morgan fingerprint density at radius 2 is 2.40 bits per heavy atom. The molecule has 0 spiro atoms. The predicted octanol–water partition coefficient (Wildman–Crippen LogP) is 1.91. The average molecular weight is 296 g/mol. The monoisotopic (exact) mass is 295 g/mol. The first-order chi connectivity index (χ1) is 9.69. The second-order valence-corrected chi connectivity index (χ2v) is 5.44. The van der Waals surface area contributed by atoms with Gasteiger partial charge in [0.15, 0.2) is 5.96 Å². The fourth-order valence-electron chi connectivity index (χ4n) is 2.34. The number of guanidine groups is 1. The van der Waals surface area contributed by atoms with E-state index in [9.17, 15) is 5.11 Å². The number of likely N-dealkylation sites (tertiary alicyclic amines) is 1. The highest BCUT2D eigenvalue weighted by molar-refractivity contribution is 6.30. The highest BCUT2D eigenvalue weighted by Crippen LogP contribution is 2.12. The molecule has 1 aromatic carbocycles. The second kappa shape index (κ2) is 7.50. The Morgan fingerprint density at radius 1 is 1.55 bits per heavy atom. The number of nitrogens with zero attached hydrogens (tertiary/aromatic N) is 2. The molecule has 2 N–H and O–H groups in total. The molecule has 1 atom stereocenters. The van der Waals surface area contributed by atoms with Gasteiger partial charge in [0.25, 0.3) is 0 Å². The van der Waals surface area contributed by atoms with E-state index in [-0.39, 0.29) is 6.10 Å². The number of aliphatic imine (C=N–C) groups is 1. The fourth-order valence-corrected chi connectivity index (χ4v) is 2.56. The van der Waals surface area contributed by atoms with E-state index < -0.39 is 0 Å². The zero-order valence-corrected chi connectivity index (χ0v) is 12.6. The summed E-state index contributed by atoms with van der Waals surface area (Å²) >= 11 is 5.97. The summed E-state index contributed by atoms with van der Waals surface area (Å²) in [5, 5.41) is 13.7. The minimum absolute atomic E-state index is 0.230. The third kappa shape index (κ3) is 4.39. The van der Waals surface area contributed by atoms with Crippen LogP contribution < -0.4 is 5.32 Å². The molecule has 0 amide bonds. The van der Waals surface area contributed by atoms with Crippen LogP contribution in [0.1, 0.15) is 18.9 Å². The van der Waals surface area contributed by atoms with Gasteiger partial charge in [0.05, 0.1) is 6.10 Å². The molecule has 2 rings (SSSR count). The summed E-state index contributed by atoms with van der Waals surface area (Å²) in [7, 11) is 0. The smallest absolute Gasteiger partial charge is 0.194 e. The summed E-state index contributed by atoms with van der Waals surface area (Å²) in [5.74, 6) is 0.895. The van der Waals surface area contributed by atoms with Crippen LogP contribution in [0, 0.1) is 0 Å². The number of rotatable bonds is 4. The van der Waals surface area contributed by atoms with Gasteiger partial charge < -0.3 is 15.3 Å². The maximum absolute atomic E-state index is 9.61. The molecule has 0 saturated carbocycles. The standard InChI is InChI=1S/C15H22ClN3O/c1-2-17-15(19-9-7-14(20)11-19)18-8-6-12-4-3-5-13(16)10-12/h3-5,10,14,20H,2,6-9,11H2,1H3,(H,17,18)/t14-/m1/s1. The van der Waals surface area contributed by atoms with Crippen molar-refractivity contribution >= 4 is 17.6 Å². The molecule has 0 unspecified atom stereocenters. The maximum atomic E-state index is 9.61. The Labute approximate surface area is 125 Å². The lowest BCUT2D eigenvalue weighted by atomic mass is 10.1. The minimum Gasteiger partial charge on any atom is -0.391 e. The Kier molecular flexibility index (Phi) is 5.68. The highest BCUT2D eigenvalue weighted by Gasteiger charge is 2.22. The summed E-state index contributed by atoms with van der Waals surface area (Å²) in [6, 6.07) is 7.88. The molecule has 1 saturated heterocycles. The molecule has 0 aliphatic carbocycles. The van der Waals surface area contributed by atoms with Crippen molar-refractivity contribution in [3.05, 3.63) is 34.9 Å². The number of hydrogen-bond acceptors (Lipinski definition) is 2. The molecule has 1 aliphatic heterocycles. The van der Waals surface area contributed by atoms with Gasteiger partial charge in [0.1, 0.15) is 0 Å². The van der Waals surface area contributed by atoms with E-state index in [1.54, 1.807) is 0 Å². The summed E-state index contributed by atoms with van der Waals surface area (Å²) in [6.07, 6.45) is 1.46. The van der Waals surface area contributed by atoms with Crippen molar-refractivity contribution in [3.63, 3.8) is 0 Å². The van der Waals surface area contributed by atoms with Crippen LogP contribution in [-0.2, 0) is 6.42 Å². The number of hydrogen-bond donors (Lipinski definition) is 2. The normalized spacial score (nSPS) is 19.4. The maximum Gasteiger partial charge on any atom is 0.194 e. The number of aliphatic hydroxyl groups is 1. The van der Waals surface area contributed by atoms with E-state index in [2.05, 4.69) is 28.2 Å². The predicted molar refractivity (Wildman–Crippen MR) is 83.3 cm³/mol. The van der Waals surface area contributed by atoms with Crippen molar-refractivity contribution < 1.29 is 5.11 Å². The third-order valence-corrected chi connectivity index (χ3v) is 3.58. The molecule has 110 valence electrons. The Hall–Kier alpha value is -1.26. The van der Waals surface area contributed by atoms with Crippen molar-refractivity contribution in [2.75, 3.05) is 26.2 Å². The number of halogens is 1. The SMILES string of the molecule is CCNC(=NCCc1cccc(Cl)c1)N1CC[C@@H](O)C1. The van der Waals surface area contributed by atoms with Crippen LogP contribution in [-0.4, -0.2) is 48.2 Å². The summed E-state index contributed by atoms with van der Waals surface area (Å²) in [5.41, 5.74) is 1.19. The quantitative estimate of drug-likeness (QED) is 0.659. The van der Waals surface area contributed by atoms with Gasteiger partial charge in [-0.25, -0.2) is 0 Å². The number of β-amino-alcohol motifs (C(OH)–C–C–N with tert-alkyl or cyclic N) is 1. The molecule has 5 heteroatoms. The molecule has 0 radical (unpaired) electrons. The van der Waals surface area contributed by atoms with Gasteiger partial charge >= 0.3 is 0 Å². The molecule has 0 bridgehead atoms. The first-order valence-electron chi connectivity index (χ1n) is 7.15. The van der Waals surface area contributed by atoms with Crippen molar-refractivity contribution in [3.8, 4) is 0 Å². The van der Waals surface area contributed by atoms with E-state index in [4.69, 9.17) is 11.6 Å². The van der Waals surface area contributed by atoms with Crippen LogP contribution >= 0.6 is 11.6 Å². The highest BCUT2D eigenvalue weighted by atomic mass is 35.5. The Morgan fingerprint density at radius 3 is 3.05 bits per heavy atom. The zero-order chi connectivity index (χ0) is 14.4. The van der Waals surface area contributed by atoms with Crippen LogP contribution in [0.25, 0.3) is 0 Å². The van der Waals surface area contributed by atoms with Gasteiger partial charge in [0, 0.05) is 31.2 Å². The van der Waals surface area contributed by atoms with E-state index in [1.807, 2.05) is 18.2 Å². The molecule has 1 heterocycles. The van der Waals surface area contributed by atoms with Crippen molar-refractivity contribution in [2.24, 2.45) is 4.99 Å². The van der Waals surface area contributed by atoms with E-state index in [0.29, 0.717) is 6.54 Å². The van der Waals surface area contributed by atoms with Gasteiger partial charge in [-0.3, -0.25) is 4.99 Å². The molecule has 0 aromatic heterocycles. The van der Waals surface area contributed by atoms with Gasteiger partial charge in [-0.15, -0.1) is 0 Å². The van der Waals surface area contributed by atoms with Gasteiger partial charge in [0.2, 0.25) is 0 Å². The molecular formula is C15H22ClN3O. The largest absolute Gasteiger partial charge is 0.391 e. The van der Waals surface area contributed by atoms with E-state index in [1.165, 1.54) is 5.56 Å². The second-order valence-electron chi connectivity index (χ2n) is 5.00. The van der Waals surface area contributed by atoms with Gasteiger partial charge in [-0.1, -0.05) is 23.7 Å². The summed E-state index contributed by atoms with van der Waals surface area (Å²) < 4.78 is 0. The fraction of sp³-hybridized carbons (Fsp3) is 0.533. The minimum atomic E-state index is -0.230. The Balaban J connectivity index is 1.92. The lowest BCUT2D eigenvalue weighted by molar-refractivity contribution is 0.188. The molecular weight excluding hydrogens is 274 g/mol. The number of aliphatic hydroxyl groups excluding tert-OH is 1. The zero-order valence-electron chi connectivity index (χ0n) is 11.8. The van der Waals surface area contributed by atoms with E-state index in [0.717, 1.165) is 43.5 Å². The number of nitrogens with one attached hydrogen (secondary N) is 1. The number of benzene rings is 1. The third-order valence-electron chi connectivity index (χ3n) is 3.35. The molecule has 1 aliphatic rings. The van der Waals surface area contributed by atoms with Crippen molar-refractivity contribution in [1.82, 2.24) is 10.2 Å². The van der Waals surface area contributed by atoms with E-state index >= 15 is 0 Å². The molecule has 20 heavy (non-hydrogen) atoms. The summed E-state index contributed by atoms with van der Waals surface area (Å²) in [6.45, 7) is 5.14. The van der Waals surface area contributed by atoms with Crippen LogP contribution in [0.15, 0.2) is 29.3 Å². The molecule has 1 fully saturated rings. The lowest BCUT2D eigenvalue weighted by Crippen LogP contribution is -2.40. The Bertz CT molecular complexity index is 464. The molecule has 4 nitrogen and oxygen atoms in total. The van der Waals surface area contributed by atoms with Gasteiger partial charge in [-0.2, -0.15) is 0 Å². The van der Waals surface area contributed by atoms with Crippen molar-refractivity contribution in [1.29, 1.82) is 0 Å². The first-order valence-corrected chi connectivity index (χ1v) is 7.52. The first kappa shape index (κ1) is 15.1. The summed E-state index contributed by atoms with van der Waals surface area (Å²) in [4.78, 5) is 6.75. The van der Waals surface area contributed by atoms with Crippen LogP contribution in [0.4, 0.5) is 0 Å². The topological polar surface area (TPSA) is 47.9 Å². The van der Waals surface area contributed by atoms with Crippen LogP contribution in [0.5, 0.6) is 0 Å².